The van der Waals surface area contributed by atoms with Crippen molar-refractivity contribution in [3.05, 3.63) is 71.4 Å². The number of allylic oxidation sites excluding steroid dienone is 2. The zero-order chi connectivity index (χ0) is 18.9. The third-order valence-corrected chi connectivity index (χ3v) is 8.20. The number of nitrogens with zero attached hydrogens (tertiary/aromatic N) is 1. The van der Waals surface area contributed by atoms with Crippen molar-refractivity contribution in [2.45, 2.75) is 43.4 Å². The Balaban J connectivity index is 1.48. The van der Waals surface area contributed by atoms with Gasteiger partial charge in [0.15, 0.2) is 0 Å². The molecule has 3 aromatic rings. The Hall–Kier alpha value is -2.26. The summed E-state index contributed by atoms with van der Waals surface area (Å²) in [6, 6.07) is 17.5. The highest BCUT2D eigenvalue weighted by Gasteiger charge is 2.22. The van der Waals surface area contributed by atoms with E-state index in [-0.39, 0.29) is 16.3 Å². The molecule has 1 nitrogen and oxygen atoms in total. The minimum atomic E-state index is -0.227. The fourth-order valence-electron chi connectivity index (χ4n) is 4.47. The average molecular weight is 390 g/mol. The van der Waals surface area contributed by atoms with E-state index in [9.17, 15) is 4.39 Å². The molecule has 0 radical (unpaired) electrons. The number of rotatable bonds is 3. The zero-order valence-electron chi connectivity index (χ0n) is 15.9. The molecule has 1 aliphatic heterocycles. The van der Waals surface area contributed by atoms with Gasteiger partial charge in [0.25, 0.3) is 0 Å². The first kappa shape index (κ1) is 17.8. The summed E-state index contributed by atoms with van der Waals surface area (Å²) in [7, 11) is 0.121. The van der Waals surface area contributed by atoms with E-state index in [1.165, 1.54) is 43.1 Å². The van der Waals surface area contributed by atoms with Gasteiger partial charge in [-0.3, -0.25) is 0 Å². The van der Waals surface area contributed by atoms with E-state index in [0.717, 1.165) is 23.2 Å². The highest BCUT2D eigenvalue weighted by molar-refractivity contribution is 8.18. The van der Waals surface area contributed by atoms with Crippen LogP contribution in [0.5, 0.6) is 0 Å². The molecule has 2 heterocycles. The number of hydrogen-bond donors (Lipinski definition) is 0. The van der Waals surface area contributed by atoms with Gasteiger partial charge in [0.05, 0.1) is 11.2 Å². The molecule has 1 unspecified atom stereocenters. The number of hydrogen-bond acceptors (Lipinski definition) is 1. The third kappa shape index (κ3) is 3.33. The van der Waals surface area contributed by atoms with Crippen LogP contribution < -0.4 is 0 Å². The maximum atomic E-state index is 14.1. The molecule has 3 heteroatoms. The van der Waals surface area contributed by atoms with Crippen LogP contribution in [-0.4, -0.2) is 10.4 Å². The van der Waals surface area contributed by atoms with E-state index in [4.69, 9.17) is 4.98 Å². The van der Waals surface area contributed by atoms with E-state index < -0.39 is 0 Å². The molecule has 0 spiro atoms. The first-order valence-electron chi connectivity index (χ1n) is 10.2. The fraction of sp³-hybridized carbons (Fsp3) is 0.280. The highest BCUT2D eigenvalue weighted by atomic mass is 32.2. The summed E-state index contributed by atoms with van der Waals surface area (Å²) in [5.41, 5.74) is 2.17. The fourth-order valence-corrected chi connectivity index (χ4v) is 6.76. The molecule has 2 aliphatic rings. The van der Waals surface area contributed by atoms with Crippen LogP contribution in [0.1, 0.15) is 38.5 Å². The standard InChI is InChI=1S/C25H24FNS/c26-22-10-5-4-9-21(22)24-14-12-19-17-20(13-15-23(19)27-24)28-16-6-11-25(28)18-7-2-1-3-8-18/h4-5,9-18H,1-3,6-8H2. The Kier molecular flexibility index (Phi) is 4.86. The minimum Gasteiger partial charge on any atom is -0.248 e. The van der Waals surface area contributed by atoms with Crippen LogP contribution in [0.3, 0.4) is 0 Å². The Morgan fingerprint density at radius 3 is 2.64 bits per heavy atom. The molecule has 0 amide bonds. The van der Waals surface area contributed by atoms with Crippen molar-refractivity contribution >= 4 is 26.8 Å². The Morgan fingerprint density at radius 1 is 0.929 bits per heavy atom. The molecular weight excluding hydrogens is 365 g/mol. The molecule has 2 aromatic carbocycles. The average Bonchev–Trinajstić information content (AvgIpc) is 3.24. The lowest BCUT2D eigenvalue weighted by atomic mass is 9.89. The van der Waals surface area contributed by atoms with Crippen LogP contribution in [0.4, 0.5) is 4.39 Å². The smallest absolute Gasteiger partial charge is 0.132 e. The van der Waals surface area contributed by atoms with Gasteiger partial charge in [0.1, 0.15) is 5.82 Å². The second-order valence-electron chi connectivity index (χ2n) is 7.71. The maximum Gasteiger partial charge on any atom is 0.132 e. The lowest BCUT2D eigenvalue weighted by Gasteiger charge is -2.25. The second kappa shape index (κ2) is 7.63. The van der Waals surface area contributed by atoms with Crippen LogP contribution in [0.25, 0.3) is 22.2 Å². The van der Waals surface area contributed by atoms with Crippen molar-refractivity contribution in [1.29, 1.82) is 0 Å². The predicted molar refractivity (Wildman–Crippen MR) is 118 cm³/mol. The number of benzene rings is 2. The Labute approximate surface area is 168 Å². The number of aromatic nitrogens is 1. The largest absolute Gasteiger partial charge is 0.248 e. The number of pyridine rings is 1. The number of fused-ring (bicyclic) bond motifs is 1. The van der Waals surface area contributed by atoms with Crippen molar-refractivity contribution in [3.8, 4) is 11.3 Å². The summed E-state index contributed by atoms with van der Waals surface area (Å²) in [6.45, 7) is 0. The molecule has 0 N–H and O–H groups in total. The topological polar surface area (TPSA) is 12.9 Å². The van der Waals surface area contributed by atoms with Crippen molar-refractivity contribution in [1.82, 2.24) is 4.98 Å². The lowest BCUT2D eigenvalue weighted by molar-refractivity contribution is 0.414. The maximum absolute atomic E-state index is 14.1. The second-order valence-corrected chi connectivity index (χ2v) is 9.66. The normalized spacial score (nSPS) is 20.2. The summed E-state index contributed by atoms with van der Waals surface area (Å²) < 4.78 is 14.1. The van der Waals surface area contributed by atoms with Crippen molar-refractivity contribution in [2.24, 2.45) is 5.92 Å². The van der Waals surface area contributed by atoms with Gasteiger partial charge in [-0.05, 0) is 71.9 Å². The van der Waals surface area contributed by atoms with Gasteiger partial charge in [-0.15, -0.1) is 10.5 Å². The van der Waals surface area contributed by atoms with E-state index in [1.807, 2.05) is 12.1 Å². The van der Waals surface area contributed by atoms with Crippen molar-refractivity contribution < 1.29 is 4.39 Å². The molecule has 28 heavy (non-hydrogen) atoms. The minimum absolute atomic E-state index is 0.121. The Bertz CT molecular complexity index is 1090. The van der Waals surface area contributed by atoms with Crippen molar-refractivity contribution in [3.63, 3.8) is 0 Å². The summed E-state index contributed by atoms with van der Waals surface area (Å²) in [5, 5.41) is 3.61. The first-order valence-corrected chi connectivity index (χ1v) is 11.5. The number of halogens is 1. The summed E-state index contributed by atoms with van der Waals surface area (Å²) >= 11 is 0. The monoisotopic (exact) mass is 389 g/mol. The van der Waals surface area contributed by atoms with Crippen LogP contribution in [0.15, 0.2) is 70.5 Å². The molecule has 0 saturated heterocycles. The SMILES string of the molecule is Fc1ccccc1-c1ccc2cc(S3=CCC=C3C3CCCCC3)ccc2n1. The van der Waals surface area contributed by atoms with Crippen LogP contribution in [0, 0.1) is 11.7 Å². The zero-order valence-corrected chi connectivity index (χ0v) is 16.7. The molecule has 1 fully saturated rings. The molecule has 1 aromatic heterocycles. The van der Waals surface area contributed by atoms with E-state index in [0.29, 0.717) is 11.3 Å². The molecule has 0 bridgehead atoms. The van der Waals surface area contributed by atoms with Gasteiger partial charge in [-0.25, -0.2) is 9.37 Å². The van der Waals surface area contributed by atoms with Crippen LogP contribution in [-0.2, 0) is 0 Å². The quantitative estimate of drug-likeness (QED) is 0.427. The van der Waals surface area contributed by atoms with Crippen molar-refractivity contribution in [2.75, 3.05) is 0 Å². The van der Waals surface area contributed by atoms with Gasteiger partial charge in [0, 0.05) is 15.8 Å². The van der Waals surface area contributed by atoms with E-state index in [1.54, 1.807) is 17.0 Å². The van der Waals surface area contributed by atoms with Gasteiger partial charge in [-0.1, -0.05) is 43.5 Å². The van der Waals surface area contributed by atoms with Gasteiger partial charge in [-0.2, -0.15) is 0 Å². The molecule has 1 atom stereocenters. The van der Waals surface area contributed by atoms with E-state index >= 15 is 0 Å². The summed E-state index contributed by atoms with van der Waals surface area (Å²) in [5.74, 6) is 0.545. The van der Waals surface area contributed by atoms with Gasteiger partial charge < -0.3 is 0 Å². The Morgan fingerprint density at radius 2 is 1.79 bits per heavy atom. The first-order chi connectivity index (χ1) is 13.8. The summed E-state index contributed by atoms with van der Waals surface area (Å²) in [4.78, 5) is 7.77. The van der Waals surface area contributed by atoms with Gasteiger partial charge >= 0.3 is 0 Å². The van der Waals surface area contributed by atoms with Crippen LogP contribution in [0.2, 0.25) is 0 Å². The predicted octanol–water partition coefficient (Wildman–Crippen LogP) is 7.34. The lowest BCUT2D eigenvalue weighted by Crippen LogP contribution is -2.07. The molecule has 1 aliphatic carbocycles. The van der Waals surface area contributed by atoms with E-state index in [2.05, 4.69) is 35.7 Å². The molecule has 1 saturated carbocycles. The molecule has 142 valence electrons. The highest BCUT2D eigenvalue weighted by Crippen LogP contribution is 2.47. The molecular formula is C25H24FNS. The van der Waals surface area contributed by atoms with Crippen LogP contribution >= 0.6 is 10.5 Å². The molecule has 5 rings (SSSR count). The third-order valence-electron chi connectivity index (χ3n) is 5.91. The van der Waals surface area contributed by atoms with Gasteiger partial charge in [0.2, 0.25) is 0 Å². The summed E-state index contributed by atoms with van der Waals surface area (Å²) in [6.07, 6.45) is 10.4.